The van der Waals surface area contributed by atoms with Gasteiger partial charge in [0.05, 0.1) is 52.7 Å². The highest BCUT2D eigenvalue weighted by Gasteiger charge is 2.24. The molecule has 0 saturated heterocycles. The maximum absolute atomic E-state index is 13.5. The van der Waals surface area contributed by atoms with Crippen LogP contribution in [0.15, 0.2) is 18.2 Å². The summed E-state index contributed by atoms with van der Waals surface area (Å²) in [5.74, 6) is -10.4. The SMILES string of the molecule is O=C(CCCOCCOCCOCCOCCC(=O)Oc1c(F)c(F)cc(F)c1F)CCN1C(=O)C=CC1=O. The van der Waals surface area contributed by atoms with Crippen LogP contribution in [0.2, 0.25) is 0 Å². The van der Waals surface area contributed by atoms with Crippen molar-refractivity contribution in [2.75, 3.05) is 59.4 Å². The molecule has 0 spiro atoms. The summed E-state index contributed by atoms with van der Waals surface area (Å²) < 4.78 is 78.6. The third kappa shape index (κ3) is 11.6. The van der Waals surface area contributed by atoms with Crippen molar-refractivity contribution in [1.82, 2.24) is 4.90 Å². The zero-order valence-electron chi connectivity index (χ0n) is 21.1. The molecule has 10 nitrogen and oxygen atoms in total. The Bertz CT molecular complexity index is 991. The van der Waals surface area contributed by atoms with E-state index in [0.29, 0.717) is 26.2 Å². The summed E-state index contributed by atoms with van der Waals surface area (Å²) in [5, 5.41) is 0. The van der Waals surface area contributed by atoms with Crippen LogP contribution in [0.1, 0.15) is 25.7 Å². The van der Waals surface area contributed by atoms with Crippen LogP contribution in [0, 0.1) is 23.3 Å². The van der Waals surface area contributed by atoms with Gasteiger partial charge in [0.25, 0.3) is 11.8 Å². The van der Waals surface area contributed by atoms with Gasteiger partial charge in [-0.15, -0.1) is 0 Å². The molecule has 0 fully saturated rings. The van der Waals surface area contributed by atoms with E-state index in [1.807, 2.05) is 0 Å². The summed E-state index contributed by atoms with van der Waals surface area (Å²) >= 11 is 0. The van der Waals surface area contributed by atoms with Crippen molar-refractivity contribution in [3.05, 3.63) is 41.5 Å². The van der Waals surface area contributed by atoms with E-state index in [4.69, 9.17) is 18.9 Å². The Labute approximate surface area is 221 Å². The fraction of sp³-hybridized carbons (Fsp3) is 0.520. The van der Waals surface area contributed by atoms with E-state index < -0.39 is 53.2 Å². The standard InChI is InChI=1S/C25H29F4NO9/c26-18-16-19(27)24(29)25(23(18)28)39-22(34)6-9-36-11-13-38-15-14-37-12-10-35-8-1-2-17(31)5-7-30-20(32)3-4-21(30)33/h3-4,16H,1-2,5-15H2. The Kier molecular flexibility index (Phi) is 14.3. The number of nitrogens with zero attached hydrogens (tertiary/aromatic N) is 1. The maximum Gasteiger partial charge on any atom is 0.313 e. The van der Waals surface area contributed by atoms with Crippen LogP contribution in [0.4, 0.5) is 17.6 Å². The number of esters is 1. The smallest absolute Gasteiger partial charge is 0.313 e. The molecule has 216 valence electrons. The number of carbonyl (C=O) groups is 4. The summed E-state index contributed by atoms with van der Waals surface area (Å²) in [6, 6.07) is 0.00566. The van der Waals surface area contributed by atoms with Gasteiger partial charge in [-0.2, -0.15) is 8.78 Å². The number of ketones is 1. The highest BCUT2D eigenvalue weighted by atomic mass is 19.2. The predicted molar refractivity (Wildman–Crippen MR) is 125 cm³/mol. The molecule has 0 unspecified atom stereocenters. The van der Waals surface area contributed by atoms with E-state index in [-0.39, 0.29) is 64.3 Å². The van der Waals surface area contributed by atoms with Crippen LogP contribution in [0.5, 0.6) is 5.75 Å². The molecule has 0 aromatic heterocycles. The predicted octanol–water partition coefficient (Wildman–Crippen LogP) is 2.27. The zero-order chi connectivity index (χ0) is 28.6. The van der Waals surface area contributed by atoms with Crippen molar-refractivity contribution >= 4 is 23.6 Å². The van der Waals surface area contributed by atoms with E-state index in [2.05, 4.69) is 4.74 Å². The number of rotatable bonds is 20. The summed E-state index contributed by atoms with van der Waals surface area (Å²) in [4.78, 5) is 47.3. The largest absolute Gasteiger partial charge is 0.420 e. The molecule has 1 aliphatic heterocycles. The van der Waals surface area contributed by atoms with Gasteiger partial charge in [-0.1, -0.05) is 0 Å². The summed E-state index contributed by atoms with van der Waals surface area (Å²) in [6.07, 6.45) is 2.85. The zero-order valence-corrected chi connectivity index (χ0v) is 21.1. The molecule has 0 radical (unpaired) electrons. The van der Waals surface area contributed by atoms with Crippen molar-refractivity contribution < 1.29 is 60.4 Å². The Hall–Kier alpha value is -3.20. The lowest BCUT2D eigenvalue weighted by atomic mass is 10.1. The van der Waals surface area contributed by atoms with Gasteiger partial charge in [-0.3, -0.25) is 24.1 Å². The highest BCUT2D eigenvalue weighted by Crippen LogP contribution is 2.26. The molecule has 1 heterocycles. The number of hydrogen-bond donors (Lipinski definition) is 0. The van der Waals surface area contributed by atoms with Gasteiger partial charge < -0.3 is 23.7 Å². The number of benzene rings is 1. The average Bonchev–Trinajstić information content (AvgIpc) is 3.23. The van der Waals surface area contributed by atoms with Crippen molar-refractivity contribution in [1.29, 1.82) is 0 Å². The molecular weight excluding hydrogens is 534 g/mol. The fourth-order valence-corrected chi connectivity index (χ4v) is 3.11. The minimum Gasteiger partial charge on any atom is -0.420 e. The first-order valence-corrected chi connectivity index (χ1v) is 12.1. The van der Waals surface area contributed by atoms with E-state index in [0.717, 1.165) is 4.90 Å². The highest BCUT2D eigenvalue weighted by molar-refractivity contribution is 6.13. The molecule has 0 N–H and O–H groups in total. The van der Waals surface area contributed by atoms with Crippen LogP contribution in [0.25, 0.3) is 0 Å². The summed E-state index contributed by atoms with van der Waals surface area (Å²) in [6.45, 7) is 1.75. The molecule has 0 aliphatic carbocycles. The van der Waals surface area contributed by atoms with Crippen LogP contribution < -0.4 is 4.74 Å². The normalized spacial score (nSPS) is 13.0. The van der Waals surface area contributed by atoms with Crippen molar-refractivity contribution in [2.24, 2.45) is 0 Å². The molecule has 14 heteroatoms. The number of imide groups is 1. The first-order valence-electron chi connectivity index (χ1n) is 12.1. The summed E-state index contributed by atoms with van der Waals surface area (Å²) in [7, 11) is 0. The van der Waals surface area contributed by atoms with E-state index >= 15 is 0 Å². The van der Waals surface area contributed by atoms with Crippen LogP contribution in [0.3, 0.4) is 0 Å². The van der Waals surface area contributed by atoms with Crippen LogP contribution in [-0.2, 0) is 38.1 Å². The van der Waals surface area contributed by atoms with Gasteiger partial charge in [0.2, 0.25) is 17.4 Å². The molecule has 0 bridgehead atoms. The number of hydrogen-bond acceptors (Lipinski definition) is 9. The van der Waals surface area contributed by atoms with Crippen molar-refractivity contribution in [2.45, 2.75) is 25.7 Å². The number of Topliss-reactive ketones (excluding diaryl/α,β-unsaturated/α-hetero) is 1. The molecule has 2 rings (SSSR count). The Balaban J connectivity index is 1.35. The first-order chi connectivity index (χ1) is 18.7. The van der Waals surface area contributed by atoms with Gasteiger partial charge in [0.1, 0.15) is 5.78 Å². The lowest BCUT2D eigenvalue weighted by molar-refractivity contribution is -0.138. The van der Waals surface area contributed by atoms with Crippen LogP contribution >= 0.6 is 0 Å². The Morgan fingerprint density at radius 2 is 1.15 bits per heavy atom. The molecule has 1 aromatic carbocycles. The van der Waals surface area contributed by atoms with Crippen LogP contribution in [-0.4, -0.2) is 87.9 Å². The minimum atomic E-state index is -1.81. The van der Waals surface area contributed by atoms with E-state index in [9.17, 15) is 36.7 Å². The van der Waals surface area contributed by atoms with Crippen molar-refractivity contribution in [3.63, 3.8) is 0 Å². The van der Waals surface area contributed by atoms with Gasteiger partial charge >= 0.3 is 5.97 Å². The molecular formula is C25H29F4NO9. The summed E-state index contributed by atoms with van der Waals surface area (Å²) in [5.41, 5.74) is 0. The number of carbonyl (C=O) groups excluding carboxylic acids is 4. The third-order valence-corrected chi connectivity index (χ3v) is 5.11. The second-order valence-corrected chi connectivity index (χ2v) is 8.02. The van der Waals surface area contributed by atoms with Gasteiger partial charge in [0, 0.05) is 44.2 Å². The molecule has 0 atom stereocenters. The lowest BCUT2D eigenvalue weighted by Crippen LogP contribution is -2.32. The second-order valence-electron chi connectivity index (χ2n) is 8.02. The van der Waals surface area contributed by atoms with Gasteiger partial charge in [-0.05, 0) is 6.42 Å². The maximum atomic E-state index is 13.5. The number of ether oxygens (including phenoxy) is 5. The van der Waals surface area contributed by atoms with E-state index in [1.54, 1.807) is 0 Å². The Morgan fingerprint density at radius 3 is 1.69 bits per heavy atom. The van der Waals surface area contributed by atoms with Gasteiger partial charge in [0.15, 0.2) is 11.6 Å². The molecule has 0 saturated carbocycles. The topological polar surface area (TPSA) is 118 Å². The molecule has 39 heavy (non-hydrogen) atoms. The minimum absolute atomic E-state index is 0.00566. The monoisotopic (exact) mass is 563 g/mol. The number of amides is 2. The second kappa shape index (κ2) is 17.4. The molecule has 1 aromatic rings. The third-order valence-electron chi connectivity index (χ3n) is 5.11. The quantitative estimate of drug-likeness (QED) is 0.0588. The lowest BCUT2D eigenvalue weighted by Gasteiger charge is -2.12. The average molecular weight is 563 g/mol. The van der Waals surface area contributed by atoms with Crippen molar-refractivity contribution in [3.8, 4) is 5.75 Å². The Morgan fingerprint density at radius 1 is 0.667 bits per heavy atom. The van der Waals surface area contributed by atoms with Gasteiger partial charge in [-0.25, -0.2) is 8.78 Å². The fourth-order valence-electron chi connectivity index (χ4n) is 3.11. The molecule has 2 amide bonds. The molecule has 1 aliphatic rings. The first kappa shape index (κ1) is 32.0. The number of halogens is 4. The van der Waals surface area contributed by atoms with E-state index in [1.165, 1.54) is 12.2 Å².